The van der Waals surface area contributed by atoms with Crippen molar-refractivity contribution >= 4 is 5.96 Å². The molecule has 0 amide bonds. The summed E-state index contributed by atoms with van der Waals surface area (Å²) in [4.78, 5) is 6.94. The molecule has 20 heavy (non-hydrogen) atoms. The molecule has 0 spiro atoms. The normalized spacial score (nSPS) is 20.5. The number of hydrogen-bond acceptors (Lipinski definition) is 3. The zero-order chi connectivity index (χ0) is 14.4. The van der Waals surface area contributed by atoms with Gasteiger partial charge in [-0.1, -0.05) is 6.92 Å². The Bertz CT molecular complexity index is 439. The van der Waals surface area contributed by atoms with Crippen LogP contribution in [0.25, 0.3) is 0 Å². The second-order valence-electron chi connectivity index (χ2n) is 5.27. The van der Waals surface area contributed by atoms with Gasteiger partial charge in [0.25, 0.3) is 0 Å². The molecule has 1 fully saturated rings. The first-order valence-corrected chi connectivity index (χ1v) is 7.45. The van der Waals surface area contributed by atoms with Crippen LogP contribution in [0.1, 0.15) is 25.5 Å². The van der Waals surface area contributed by atoms with Gasteiger partial charge in [-0.25, -0.2) is 0 Å². The summed E-state index contributed by atoms with van der Waals surface area (Å²) in [5.41, 5.74) is 7.11. The lowest BCUT2D eigenvalue weighted by molar-refractivity contribution is 0.273. The zero-order valence-corrected chi connectivity index (χ0v) is 12.5. The van der Waals surface area contributed by atoms with Gasteiger partial charge in [-0.3, -0.25) is 14.6 Å². The summed E-state index contributed by atoms with van der Waals surface area (Å²) in [6, 6.07) is 2.59. The monoisotopic (exact) mass is 278 g/mol. The molecular formula is C14H26N6. The molecule has 1 aromatic heterocycles. The Morgan fingerprint density at radius 3 is 3.15 bits per heavy atom. The van der Waals surface area contributed by atoms with Crippen molar-refractivity contribution in [2.24, 2.45) is 17.8 Å². The lowest BCUT2D eigenvalue weighted by Gasteiger charge is -2.20. The van der Waals surface area contributed by atoms with E-state index in [1.165, 1.54) is 25.1 Å². The molecule has 0 radical (unpaired) electrons. The van der Waals surface area contributed by atoms with E-state index in [-0.39, 0.29) is 0 Å². The highest BCUT2D eigenvalue weighted by molar-refractivity contribution is 5.77. The highest BCUT2D eigenvalue weighted by Crippen LogP contribution is 2.16. The second kappa shape index (κ2) is 7.28. The van der Waals surface area contributed by atoms with Crippen LogP contribution in [0.3, 0.4) is 0 Å². The number of nitrogens with zero attached hydrogens (tertiary/aromatic N) is 4. The quantitative estimate of drug-likeness (QED) is 0.582. The first-order chi connectivity index (χ1) is 9.70. The van der Waals surface area contributed by atoms with Crippen LogP contribution in [0.4, 0.5) is 0 Å². The number of aromatic nitrogens is 2. The molecule has 2 heterocycles. The van der Waals surface area contributed by atoms with Crippen LogP contribution in [-0.4, -0.2) is 52.9 Å². The summed E-state index contributed by atoms with van der Waals surface area (Å²) >= 11 is 0. The Labute approximate surface area is 121 Å². The molecule has 1 aromatic rings. The molecule has 1 saturated heterocycles. The molecule has 0 bridgehead atoms. The predicted octanol–water partition coefficient (Wildman–Crippen LogP) is 0.351. The van der Waals surface area contributed by atoms with Crippen molar-refractivity contribution in [1.29, 1.82) is 0 Å². The maximum absolute atomic E-state index is 5.91. The number of rotatable bonds is 6. The van der Waals surface area contributed by atoms with Crippen LogP contribution < -0.4 is 11.1 Å². The van der Waals surface area contributed by atoms with E-state index < -0.39 is 0 Å². The molecule has 3 N–H and O–H groups in total. The summed E-state index contributed by atoms with van der Waals surface area (Å²) in [5.74, 6) is 0.551. The van der Waals surface area contributed by atoms with Crippen LogP contribution in [0.2, 0.25) is 0 Å². The van der Waals surface area contributed by atoms with Crippen molar-refractivity contribution in [2.75, 3.05) is 26.2 Å². The molecule has 1 atom stereocenters. The number of nitrogens with two attached hydrogens (primary N) is 1. The van der Waals surface area contributed by atoms with E-state index in [1.54, 1.807) is 0 Å². The number of guanidine groups is 1. The van der Waals surface area contributed by atoms with Crippen molar-refractivity contribution in [3.63, 3.8) is 0 Å². The third-order valence-electron chi connectivity index (χ3n) is 3.99. The Hall–Kier alpha value is -1.56. The summed E-state index contributed by atoms with van der Waals surface area (Å²) in [7, 11) is 1.95. The highest BCUT2D eigenvalue weighted by atomic mass is 15.3. The molecule has 2 rings (SSSR count). The lowest BCUT2D eigenvalue weighted by Crippen LogP contribution is -2.36. The number of aryl methyl sites for hydroxylation is 1. The van der Waals surface area contributed by atoms with Gasteiger partial charge < -0.3 is 11.1 Å². The van der Waals surface area contributed by atoms with Crippen molar-refractivity contribution < 1.29 is 0 Å². The molecule has 1 unspecified atom stereocenters. The van der Waals surface area contributed by atoms with E-state index in [9.17, 15) is 0 Å². The Morgan fingerprint density at radius 1 is 1.60 bits per heavy atom. The van der Waals surface area contributed by atoms with Gasteiger partial charge in [0.1, 0.15) is 0 Å². The van der Waals surface area contributed by atoms with Crippen LogP contribution in [-0.2, 0) is 13.5 Å². The molecule has 1 aliphatic heterocycles. The maximum atomic E-state index is 5.91. The summed E-state index contributed by atoms with van der Waals surface area (Å²) < 4.78 is 1.88. The molecule has 0 saturated carbocycles. The van der Waals surface area contributed by atoms with Crippen molar-refractivity contribution in [3.05, 3.63) is 18.0 Å². The first-order valence-electron chi connectivity index (χ1n) is 7.45. The van der Waals surface area contributed by atoms with Crippen LogP contribution in [0, 0.1) is 0 Å². The minimum atomic E-state index is 0.551. The lowest BCUT2D eigenvalue weighted by atomic mass is 10.2. The number of aliphatic imine (C=N–C) groups is 1. The second-order valence-corrected chi connectivity index (χ2v) is 5.27. The van der Waals surface area contributed by atoms with Gasteiger partial charge in [-0.2, -0.15) is 5.10 Å². The van der Waals surface area contributed by atoms with E-state index in [0.29, 0.717) is 12.0 Å². The van der Waals surface area contributed by atoms with Gasteiger partial charge in [-0.15, -0.1) is 0 Å². The third kappa shape index (κ3) is 3.96. The van der Waals surface area contributed by atoms with Crippen LogP contribution in [0.5, 0.6) is 0 Å². The largest absolute Gasteiger partial charge is 0.370 e. The van der Waals surface area contributed by atoms with Gasteiger partial charge in [0.15, 0.2) is 5.96 Å². The van der Waals surface area contributed by atoms with E-state index in [2.05, 4.69) is 27.2 Å². The van der Waals surface area contributed by atoms with E-state index in [1.807, 2.05) is 24.0 Å². The third-order valence-corrected chi connectivity index (χ3v) is 3.99. The maximum Gasteiger partial charge on any atom is 0.188 e. The predicted molar refractivity (Wildman–Crippen MR) is 81.7 cm³/mol. The van der Waals surface area contributed by atoms with Crippen LogP contribution >= 0.6 is 0 Å². The smallest absolute Gasteiger partial charge is 0.188 e. The SMILES string of the molecule is CCN1CCCC1CN=C(N)NCCc1ccnn1C. The molecule has 6 heteroatoms. The van der Waals surface area contributed by atoms with Gasteiger partial charge in [0.2, 0.25) is 0 Å². The number of nitrogens with one attached hydrogen (secondary N) is 1. The average molecular weight is 278 g/mol. The van der Waals surface area contributed by atoms with Crippen molar-refractivity contribution in [2.45, 2.75) is 32.2 Å². The van der Waals surface area contributed by atoms with Gasteiger partial charge in [-0.05, 0) is 32.0 Å². The summed E-state index contributed by atoms with van der Waals surface area (Å²) in [5, 5.41) is 7.32. The Kier molecular flexibility index (Phi) is 5.40. The topological polar surface area (TPSA) is 71.5 Å². The van der Waals surface area contributed by atoms with E-state index in [4.69, 9.17) is 5.73 Å². The number of likely N-dealkylation sites (tertiary alicyclic amines) is 1. The fraction of sp³-hybridized carbons (Fsp3) is 0.714. The average Bonchev–Trinajstić information content (AvgIpc) is 3.05. The molecule has 0 aliphatic carbocycles. The molecule has 112 valence electrons. The minimum absolute atomic E-state index is 0.551. The number of hydrogen-bond donors (Lipinski definition) is 2. The first kappa shape index (κ1) is 14.8. The Balaban J connectivity index is 1.70. The molecule has 1 aliphatic rings. The molecule has 6 nitrogen and oxygen atoms in total. The van der Waals surface area contributed by atoms with Crippen molar-refractivity contribution in [1.82, 2.24) is 20.0 Å². The summed E-state index contributed by atoms with van der Waals surface area (Å²) in [6.45, 7) is 6.10. The summed E-state index contributed by atoms with van der Waals surface area (Å²) in [6.07, 6.45) is 5.23. The van der Waals surface area contributed by atoms with Gasteiger partial charge >= 0.3 is 0 Å². The van der Waals surface area contributed by atoms with Crippen molar-refractivity contribution in [3.8, 4) is 0 Å². The Morgan fingerprint density at radius 2 is 2.45 bits per heavy atom. The minimum Gasteiger partial charge on any atom is -0.370 e. The fourth-order valence-electron chi connectivity index (χ4n) is 2.74. The van der Waals surface area contributed by atoms with E-state index in [0.717, 1.165) is 26.1 Å². The molecular weight excluding hydrogens is 252 g/mol. The zero-order valence-electron chi connectivity index (χ0n) is 12.5. The van der Waals surface area contributed by atoms with Gasteiger partial charge in [0.05, 0.1) is 6.54 Å². The standard InChI is InChI=1S/C14H26N6/c1-3-20-10-4-5-13(20)11-17-14(15)16-8-6-12-7-9-18-19(12)2/h7,9,13H,3-6,8,10-11H2,1-2H3,(H3,15,16,17). The van der Waals surface area contributed by atoms with Gasteiger partial charge in [0, 0.05) is 37.9 Å². The highest BCUT2D eigenvalue weighted by Gasteiger charge is 2.22. The number of likely N-dealkylation sites (N-methyl/N-ethyl adjacent to an activating group) is 1. The fourth-order valence-corrected chi connectivity index (χ4v) is 2.74. The van der Waals surface area contributed by atoms with E-state index >= 15 is 0 Å². The molecule has 0 aromatic carbocycles. The van der Waals surface area contributed by atoms with Crippen LogP contribution in [0.15, 0.2) is 17.3 Å².